The van der Waals surface area contributed by atoms with Gasteiger partial charge in [0.25, 0.3) is 0 Å². The topological polar surface area (TPSA) is 74.0 Å². The predicted octanol–water partition coefficient (Wildman–Crippen LogP) is 2.86. The van der Waals surface area contributed by atoms with Crippen LogP contribution >= 0.6 is 0 Å². The summed E-state index contributed by atoms with van der Waals surface area (Å²) < 4.78 is 15.8. The Balaban J connectivity index is 2.57. The van der Waals surface area contributed by atoms with Crippen LogP contribution in [-0.4, -0.2) is 53.9 Å². The number of rotatable bonds is 10. The average molecular weight is 358 g/mol. The third-order valence-electron chi connectivity index (χ3n) is 4.17. The smallest absolute Gasteiger partial charge is 0.150 e. The number of nitrogens with zero attached hydrogens (tertiary/aromatic N) is 1. The van der Waals surface area contributed by atoms with Gasteiger partial charge in [-0.2, -0.15) is 0 Å². The molecule has 0 aromatic heterocycles. The van der Waals surface area contributed by atoms with E-state index in [0.29, 0.717) is 43.3 Å². The molecule has 0 amide bonds. The van der Waals surface area contributed by atoms with E-state index in [-0.39, 0.29) is 0 Å². The van der Waals surface area contributed by atoms with Crippen molar-refractivity contribution in [2.75, 3.05) is 58.3 Å². The third-order valence-corrected chi connectivity index (χ3v) is 4.17. The Morgan fingerprint density at radius 1 is 0.962 bits per heavy atom. The number of hydrogen-bond donors (Lipinski definition) is 1. The summed E-state index contributed by atoms with van der Waals surface area (Å²) in [6.07, 6.45) is 0.844. The van der Waals surface area contributed by atoms with Crippen molar-refractivity contribution in [3.63, 3.8) is 0 Å². The van der Waals surface area contributed by atoms with Crippen LogP contribution in [0.4, 0.5) is 11.4 Å². The minimum Gasteiger partial charge on any atom is -0.497 e. The second-order valence-electron chi connectivity index (χ2n) is 5.82. The zero-order valence-electron chi connectivity index (χ0n) is 15.5. The molecule has 140 valence electrons. The van der Waals surface area contributed by atoms with Crippen LogP contribution in [0, 0.1) is 0 Å². The molecule has 0 aliphatic carbocycles. The first kappa shape index (κ1) is 19.8. The Labute approximate surface area is 154 Å². The zero-order valence-corrected chi connectivity index (χ0v) is 15.5. The summed E-state index contributed by atoms with van der Waals surface area (Å²) in [4.78, 5) is 13.7. The zero-order chi connectivity index (χ0) is 18.9. The van der Waals surface area contributed by atoms with E-state index < -0.39 is 0 Å². The molecule has 0 atom stereocenters. The Morgan fingerprint density at radius 3 is 2.23 bits per heavy atom. The highest BCUT2D eigenvalue weighted by atomic mass is 16.5. The molecule has 0 unspecified atom stereocenters. The Hall–Kier alpha value is -2.57. The van der Waals surface area contributed by atoms with E-state index in [1.807, 2.05) is 24.3 Å². The lowest BCUT2D eigenvalue weighted by Gasteiger charge is -2.27. The number of benzene rings is 2. The average Bonchev–Trinajstić information content (AvgIpc) is 2.68. The second kappa shape index (κ2) is 9.79. The Kier molecular flexibility index (Phi) is 7.44. The number of methoxy groups -OCH3 is 3. The summed E-state index contributed by atoms with van der Waals surface area (Å²) in [5, 5.41) is 0. The van der Waals surface area contributed by atoms with Gasteiger partial charge in [0.05, 0.1) is 20.3 Å². The van der Waals surface area contributed by atoms with Gasteiger partial charge in [-0.05, 0) is 42.0 Å². The Bertz CT molecular complexity index is 726. The fraction of sp³-hybridized carbons (Fsp3) is 0.350. The minimum absolute atomic E-state index is 0.576. The Morgan fingerprint density at radius 2 is 1.65 bits per heavy atom. The van der Waals surface area contributed by atoms with E-state index in [2.05, 4.69) is 4.90 Å². The first-order valence-corrected chi connectivity index (χ1v) is 8.40. The summed E-state index contributed by atoms with van der Waals surface area (Å²) in [6, 6.07) is 11.1. The van der Waals surface area contributed by atoms with Crippen molar-refractivity contribution >= 4 is 17.7 Å². The van der Waals surface area contributed by atoms with Gasteiger partial charge in [0.1, 0.15) is 5.75 Å². The fourth-order valence-electron chi connectivity index (χ4n) is 2.80. The third kappa shape index (κ3) is 4.74. The highest BCUT2D eigenvalue weighted by Crippen LogP contribution is 2.36. The van der Waals surface area contributed by atoms with E-state index in [1.165, 1.54) is 0 Å². The standard InChI is InChI=1S/C20H26N2O4/c1-24-10-8-22(9-11-25-2)20-7-5-16(21)12-19(20)18-13-17(26-3)6-4-15(18)14-23/h4-7,12-14H,8-11,21H2,1-3H3. The van der Waals surface area contributed by atoms with Crippen molar-refractivity contribution in [1.82, 2.24) is 0 Å². The quantitative estimate of drug-likeness (QED) is 0.520. The lowest BCUT2D eigenvalue weighted by Crippen LogP contribution is -2.31. The number of carbonyl (C=O) groups excluding carboxylic acids is 1. The molecular weight excluding hydrogens is 332 g/mol. The molecular formula is C20H26N2O4. The maximum absolute atomic E-state index is 11.6. The van der Waals surface area contributed by atoms with Crippen LogP contribution in [0.2, 0.25) is 0 Å². The number of anilines is 2. The van der Waals surface area contributed by atoms with Crippen molar-refractivity contribution in [2.24, 2.45) is 0 Å². The van der Waals surface area contributed by atoms with Gasteiger partial charge in [-0.1, -0.05) is 0 Å². The van der Waals surface area contributed by atoms with Gasteiger partial charge in [-0.3, -0.25) is 4.79 Å². The largest absolute Gasteiger partial charge is 0.497 e. The summed E-state index contributed by atoms with van der Waals surface area (Å²) in [5.74, 6) is 0.680. The van der Waals surface area contributed by atoms with Crippen molar-refractivity contribution in [3.05, 3.63) is 42.0 Å². The number of ether oxygens (including phenoxy) is 3. The molecule has 0 heterocycles. The van der Waals surface area contributed by atoms with Gasteiger partial charge in [-0.15, -0.1) is 0 Å². The summed E-state index contributed by atoms with van der Waals surface area (Å²) in [7, 11) is 4.94. The van der Waals surface area contributed by atoms with Crippen molar-refractivity contribution in [1.29, 1.82) is 0 Å². The monoisotopic (exact) mass is 358 g/mol. The fourth-order valence-corrected chi connectivity index (χ4v) is 2.80. The SMILES string of the molecule is COCCN(CCOC)c1ccc(N)cc1-c1cc(OC)ccc1C=O. The van der Waals surface area contributed by atoms with Crippen LogP contribution in [0.5, 0.6) is 5.75 Å². The van der Waals surface area contributed by atoms with E-state index in [1.54, 1.807) is 33.5 Å². The molecule has 2 aromatic rings. The molecule has 2 aromatic carbocycles. The van der Waals surface area contributed by atoms with Crippen molar-refractivity contribution in [2.45, 2.75) is 0 Å². The highest BCUT2D eigenvalue weighted by molar-refractivity contribution is 5.93. The summed E-state index contributed by atoms with van der Waals surface area (Å²) >= 11 is 0. The normalized spacial score (nSPS) is 10.6. The van der Waals surface area contributed by atoms with E-state index >= 15 is 0 Å². The molecule has 0 bridgehead atoms. The first-order chi connectivity index (χ1) is 12.6. The van der Waals surface area contributed by atoms with E-state index in [4.69, 9.17) is 19.9 Å². The van der Waals surface area contributed by atoms with Gasteiger partial charge in [0, 0.05) is 49.8 Å². The van der Waals surface area contributed by atoms with Gasteiger partial charge < -0.3 is 24.8 Å². The van der Waals surface area contributed by atoms with E-state index in [0.717, 1.165) is 23.1 Å². The van der Waals surface area contributed by atoms with Crippen LogP contribution in [-0.2, 0) is 9.47 Å². The molecule has 0 spiro atoms. The highest BCUT2D eigenvalue weighted by Gasteiger charge is 2.16. The van der Waals surface area contributed by atoms with Gasteiger partial charge in [-0.25, -0.2) is 0 Å². The first-order valence-electron chi connectivity index (χ1n) is 8.40. The molecule has 0 saturated heterocycles. The van der Waals surface area contributed by atoms with Crippen LogP contribution in [0.1, 0.15) is 10.4 Å². The van der Waals surface area contributed by atoms with Crippen LogP contribution in [0.15, 0.2) is 36.4 Å². The minimum atomic E-state index is 0.576. The molecule has 6 heteroatoms. The van der Waals surface area contributed by atoms with Gasteiger partial charge in [0.15, 0.2) is 6.29 Å². The molecule has 6 nitrogen and oxygen atoms in total. The molecule has 0 radical (unpaired) electrons. The second-order valence-corrected chi connectivity index (χ2v) is 5.82. The van der Waals surface area contributed by atoms with Crippen molar-refractivity contribution in [3.8, 4) is 16.9 Å². The summed E-state index contributed by atoms with van der Waals surface area (Å²) in [5.41, 5.74) is 9.86. The number of aldehydes is 1. The number of nitrogen functional groups attached to an aromatic ring is 1. The predicted molar refractivity (Wildman–Crippen MR) is 104 cm³/mol. The molecule has 2 N–H and O–H groups in total. The maximum Gasteiger partial charge on any atom is 0.150 e. The van der Waals surface area contributed by atoms with Gasteiger partial charge >= 0.3 is 0 Å². The molecule has 26 heavy (non-hydrogen) atoms. The van der Waals surface area contributed by atoms with Crippen LogP contribution in [0.25, 0.3) is 11.1 Å². The lowest BCUT2D eigenvalue weighted by atomic mass is 9.97. The molecule has 0 aliphatic heterocycles. The maximum atomic E-state index is 11.6. The van der Waals surface area contributed by atoms with Crippen LogP contribution < -0.4 is 15.4 Å². The molecule has 0 aliphatic rings. The van der Waals surface area contributed by atoms with Crippen molar-refractivity contribution < 1.29 is 19.0 Å². The lowest BCUT2D eigenvalue weighted by molar-refractivity contribution is 0.112. The molecule has 2 rings (SSSR count). The molecule has 0 saturated carbocycles. The number of carbonyl (C=O) groups is 1. The van der Waals surface area contributed by atoms with Crippen LogP contribution in [0.3, 0.4) is 0 Å². The summed E-state index contributed by atoms with van der Waals surface area (Å²) in [6.45, 7) is 2.53. The number of hydrogen-bond acceptors (Lipinski definition) is 6. The number of nitrogens with two attached hydrogens (primary N) is 1. The molecule has 0 fully saturated rings. The van der Waals surface area contributed by atoms with E-state index in [9.17, 15) is 4.79 Å². The van der Waals surface area contributed by atoms with Gasteiger partial charge in [0.2, 0.25) is 0 Å².